The van der Waals surface area contributed by atoms with Crippen molar-refractivity contribution in [2.75, 3.05) is 5.73 Å². The molecule has 0 amide bonds. The van der Waals surface area contributed by atoms with Gasteiger partial charge in [-0.05, 0) is 30.2 Å². The van der Waals surface area contributed by atoms with E-state index in [1.54, 1.807) is 4.40 Å². The minimum Gasteiger partial charge on any atom is -0.479 e. The summed E-state index contributed by atoms with van der Waals surface area (Å²) in [4.78, 5) is 4.49. The highest BCUT2D eigenvalue weighted by atomic mass is 16.5. The van der Waals surface area contributed by atoms with Crippen molar-refractivity contribution in [3.63, 3.8) is 0 Å². The number of nitrogens with zero attached hydrogens (tertiary/aromatic N) is 2. The number of fused-ring (bicyclic) bond motifs is 2. The molecule has 0 fully saturated rings. The van der Waals surface area contributed by atoms with E-state index in [9.17, 15) is 5.11 Å². The van der Waals surface area contributed by atoms with Crippen LogP contribution in [0.1, 0.15) is 35.8 Å². The van der Waals surface area contributed by atoms with Gasteiger partial charge < -0.3 is 15.6 Å². The van der Waals surface area contributed by atoms with Crippen molar-refractivity contribution in [3.05, 3.63) is 59.4 Å². The van der Waals surface area contributed by atoms with Gasteiger partial charge in [-0.15, -0.1) is 0 Å². The second-order valence-corrected chi connectivity index (χ2v) is 6.10. The lowest BCUT2D eigenvalue weighted by Gasteiger charge is -2.20. The number of aliphatic hydroxyl groups is 1. The number of nitrogen functional groups attached to an aromatic ring is 1. The first-order valence-corrected chi connectivity index (χ1v) is 7.74. The third kappa shape index (κ3) is 2.00. The van der Waals surface area contributed by atoms with Crippen molar-refractivity contribution in [2.45, 2.75) is 32.0 Å². The monoisotopic (exact) mass is 309 g/mol. The fourth-order valence-electron chi connectivity index (χ4n) is 3.35. The highest BCUT2D eigenvalue weighted by Crippen LogP contribution is 2.43. The van der Waals surface area contributed by atoms with Crippen LogP contribution in [-0.4, -0.2) is 20.6 Å². The molecule has 0 radical (unpaired) electrons. The number of aryl methyl sites for hydroxylation is 1. The number of imidazole rings is 1. The van der Waals surface area contributed by atoms with Crippen molar-refractivity contribution in [1.82, 2.24) is 9.38 Å². The third-order valence-electron chi connectivity index (χ3n) is 4.70. The summed E-state index contributed by atoms with van der Waals surface area (Å²) in [5.74, 6) is 1.27. The molecule has 3 unspecified atom stereocenters. The van der Waals surface area contributed by atoms with E-state index in [0.29, 0.717) is 17.2 Å². The zero-order valence-corrected chi connectivity index (χ0v) is 13.1. The van der Waals surface area contributed by atoms with E-state index in [2.05, 4.69) is 4.98 Å². The Morgan fingerprint density at radius 2 is 1.91 bits per heavy atom. The molecule has 2 heterocycles. The van der Waals surface area contributed by atoms with Crippen LogP contribution in [0.25, 0.3) is 5.65 Å². The maximum absolute atomic E-state index is 10.6. The maximum Gasteiger partial charge on any atom is 0.181 e. The third-order valence-corrected chi connectivity index (χ3v) is 4.70. The Labute approximate surface area is 134 Å². The number of ether oxygens (including phenoxy) is 1. The first kappa shape index (κ1) is 14.1. The first-order chi connectivity index (χ1) is 11.1. The molecular weight excluding hydrogens is 290 g/mol. The lowest BCUT2D eigenvalue weighted by atomic mass is 10.0. The van der Waals surface area contributed by atoms with Crippen molar-refractivity contribution in [1.29, 1.82) is 0 Å². The van der Waals surface area contributed by atoms with Gasteiger partial charge in [0, 0.05) is 12.1 Å². The summed E-state index contributed by atoms with van der Waals surface area (Å²) in [7, 11) is 0. The number of benzene rings is 1. The van der Waals surface area contributed by atoms with Gasteiger partial charge in [-0.3, -0.25) is 4.40 Å². The van der Waals surface area contributed by atoms with Crippen LogP contribution in [0.4, 0.5) is 5.82 Å². The molecule has 118 valence electrons. The maximum atomic E-state index is 10.6. The largest absolute Gasteiger partial charge is 0.479 e. The smallest absolute Gasteiger partial charge is 0.181 e. The Balaban J connectivity index is 1.78. The summed E-state index contributed by atoms with van der Waals surface area (Å²) in [5, 5.41) is 10.6. The molecule has 0 saturated heterocycles. The van der Waals surface area contributed by atoms with Gasteiger partial charge in [0.15, 0.2) is 17.5 Å². The van der Waals surface area contributed by atoms with Crippen LogP contribution in [0.15, 0.2) is 42.6 Å². The molecule has 4 rings (SSSR count). The van der Waals surface area contributed by atoms with Crippen LogP contribution in [0, 0.1) is 6.92 Å². The molecule has 0 saturated carbocycles. The summed E-state index contributed by atoms with van der Waals surface area (Å²) in [6, 6.07) is 11.8. The Morgan fingerprint density at radius 1 is 1.17 bits per heavy atom. The predicted molar refractivity (Wildman–Crippen MR) is 88.6 cm³/mol. The summed E-state index contributed by atoms with van der Waals surface area (Å²) >= 11 is 0. The predicted octanol–water partition coefficient (Wildman–Crippen LogP) is 2.82. The molecule has 0 aliphatic heterocycles. The molecule has 5 heteroatoms. The van der Waals surface area contributed by atoms with Gasteiger partial charge in [0.2, 0.25) is 0 Å². The van der Waals surface area contributed by atoms with Crippen LogP contribution >= 0.6 is 0 Å². The van der Waals surface area contributed by atoms with E-state index < -0.39 is 12.2 Å². The SMILES string of the molecule is Cc1nc2c(OC3c4ccccc4C(C)C3O)cccn2c1N. The minimum atomic E-state index is -0.582. The van der Waals surface area contributed by atoms with Crippen molar-refractivity contribution in [2.24, 2.45) is 0 Å². The van der Waals surface area contributed by atoms with Gasteiger partial charge in [0.1, 0.15) is 11.9 Å². The van der Waals surface area contributed by atoms with Gasteiger partial charge in [0.25, 0.3) is 0 Å². The number of pyridine rings is 1. The molecule has 3 aromatic rings. The van der Waals surface area contributed by atoms with Crippen LogP contribution < -0.4 is 10.5 Å². The Bertz CT molecular complexity index is 887. The molecule has 3 atom stereocenters. The van der Waals surface area contributed by atoms with Gasteiger partial charge in [-0.2, -0.15) is 0 Å². The van der Waals surface area contributed by atoms with Crippen LogP contribution in [0.5, 0.6) is 5.75 Å². The van der Waals surface area contributed by atoms with Crippen LogP contribution in [-0.2, 0) is 0 Å². The van der Waals surface area contributed by atoms with E-state index in [-0.39, 0.29) is 5.92 Å². The second kappa shape index (κ2) is 4.99. The number of nitrogens with two attached hydrogens (primary N) is 1. The molecule has 5 nitrogen and oxygen atoms in total. The summed E-state index contributed by atoms with van der Waals surface area (Å²) in [6.07, 6.45) is 0.880. The highest BCUT2D eigenvalue weighted by molar-refractivity contribution is 5.61. The fourth-order valence-corrected chi connectivity index (χ4v) is 3.35. The zero-order valence-electron chi connectivity index (χ0n) is 13.1. The van der Waals surface area contributed by atoms with Gasteiger partial charge >= 0.3 is 0 Å². The average Bonchev–Trinajstić information content (AvgIpc) is 2.99. The van der Waals surface area contributed by atoms with Crippen molar-refractivity contribution >= 4 is 11.5 Å². The topological polar surface area (TPSA) is 72.8 Å². The standard InChI is InChI=1S/C18H19N3O2/c1-10-12-6-3-4-7-13(12)16(15(10)22)23-14-8-5-9-21-17(19)11(2)20-18(14)21/h3-10,15-16,22H,19H2,1-2H3. The minimum absolute atomic E-state index is 0.0440. The molecule has 3 N–H and O–H groups in total. The van der Waals surface area contributed by atoms with Crippen LogP contribution in [0.3, 0.4) is 0 Å². The number of rotatable bonds is 2. The van der Waals surface area contributed by atoms with E-state index in [0.717, 1.165) is 16.8 Å². The van der Waals surface area contributed by atoms with Crippen molar-refractivity contribution < 1.29 is 9.84 Å². The quantitative estimate of drug-likeness (QED) is 0.763. The van der Waals surface area contributed by atoms with E-state index >= 15 is 0 Å². The fraction of sp³-hybridized carbons (Fsp3) is 0.278. The molecule has 0 bridgehead atoms. The Kier molecular flexibility index (Phi) is 3.06. The number of hydrogen-bond donors (Lipinski definition) is 2. The highest BCUT2D eigenvalue weighted by Gasteiger charge is 2.38. The number of aliphatic hydroxyl groups excluding tert-OH is 1. The normalized spacial score (nSPS) is 23.2. The lowest BCUT2D eigenvalue weighted by Crippen LogP contribution is -2.21. The lowest BCUT2D eigenvalue weighted by molar-refractivity contribution is 0.0368. The first-order valence-electron chi connectivity index (χ1n) is 7.74. The molecular formula is C18H19N3O2. The van der Waals surface area contributed by atoms with E-state index in [4.69, 9.17) is 10.5 Å². The summed E-state index contributed by atoms with van der Waals surface area (Å²) in [6.45, 7) is 3.89. The van der Waals surface area contributed by atoms with Gasteiger partial charge in [-0.25, -0.2) is 4.98 Å². The second-order valence-electron chi connectivity index (χ2n) is 6.10. The van der Waals surface area contributed by atoms with E-state index in [1.165, 1.54) is 0 Å². The summed E-state index contributed by atoms with van der Waals surface area (Å²) < 4.78 is 7.98. The Morgan fingerprint density at radius 3 is 2.70 bits per heavy atom. The van der Waals surface area contributed by atoms with Crippen LogP contribution in [0.2, 0.25) is 0 Å². The number of aromatic nitrogens is 2. The zero-order chi connectivity index (χ0) is 16.1. The Hall–Kier alpha value is -2.53. The molecule has 1 aliphatic rings. The van der Waals surface area contributed by atoms with Gasteiger partial charge in [-0.1, -0.05) is 31.2 Å². The molecule has 23 heavy (non-hydrogen) atoms. The van der Waals surface area contributed by atoms with E-state index in [1.807, 2.05) is 56.4 Å². The molecule has 2 aromatic heterocycles. The molecule has 1 aliphatic carbocycles. The van der Waals surface area contributed by atoms with Crippen molar-refractivity contribution in [3.8, 4) is 5.75 Å². The van der Waals surface area contributed by atoms with Gasteiger partial charge in [0.05, 0.1) is 5.69 Å². The average molecular weight is 309 g/mol. The number of anilines is 1. The molecule has 0 spiro atoms. The summed E-state index contributed by atoms with van der Waals surface area (Å²) in [5.41, 5.74) is 9.64. The molecule has 1 aromatic carbocycles. The number of hydrogen-bond acceptors (Lipinski definition) is 4.